The normalized spacial score (nSPS) is 10.9. The highest BCUT2D eigenvalue weighted by molar-refractivity contribution is 5.50. The van der Waals surface area contributed by atoms with E-state index in [0.717, 1.165) is 30.9 Å². The van der Waals surface area contributed by atoms with Gasteiger partial charge in [0.2, 0.25) is 5.89 Å². The first-order valence-corrected chi connectivity index (χ1v) is 6.76. The second-order valence-corrected chi connectivity index (χ2v) is 5.19. The molecule has 1 aromatic carbocycles. The summed E-state index contributed by atoms with van der Waals surface area (Å²) in [4.78, 5) is 4.39. The van der Waals surface area contributed by atoms with Crippen LogP contribution in [0.4, 0.5) is 5.69 Å². The summed E-state index contributed by atoms with van der Waals surface area (Å²) in [5.41, 5.74) is 2.40. The Kier molecular flexibility index (Phi) is 4.55. The third-order valence-corrected chi connectivity index (χ3v) is 2.90. The number of benzene rings is 1. The van der Waals surface area contributed by atoms with E-state index in [0.29, 0.717) is 11.8 Å². The number of nitrogens with zero attached hydrogens (tertiary/aromatic N) is 2. The summed E-state index contributed by atoms with van der Waals surface area (Å²) >= 11 is 0. The lowest BCUT2D eigenvalue weighted by atomic mass is 10.1. The van der Waals surface area contributed by atoms with E-state index >= 15 is 0 Å². The second kappa shape index (κ2) is 6.36. The molecule has 19 heavy (non-hydrogen) atoms. The molecule has 0 bridgehead atoms. The lowest BCUT2D eigenvalue weighted by molar-refractivity contribution is 0.373. The number of aryl methyl sites for hydroxylation is 1. The van der Waals surface area contributed by atoms with Crippen molar-refractivity contribution in [2.75, 3.05) is 11.9 Å². The SMILES string of the molecule is Cc1ccccc1NCCc1nc(CC(C)C)no1. The lowest BCUT2D eigenvalue weighted by Gasteiger charge is -2.07. The third-order valence-electron chi connectivity index (χ3n) is 2.90. The van der Waals surface area contributed by atoms with Crippen LogP contribution in [0.1, 0.15) is 31.1 Å². The van der Waals surface area contributed by atoms with Crippen LogP contribution in [0, 0.1) is 12.8 Å². The molecule has 2 aromatic rings. The van der Waals surface area contributed by atoms with Crippen LogP contribution in [0.3, 0.4) is 0 Å². The number of hydrogen-bond acceptors (Lipinski definition) is 4. The molecule has 1 aromatic heterocycles. The van der Waals surface area contributed by atoms with E-state index in [2.05, 4.69) is 48.4 Å². The lowest BCUT2D eigenvalue weighted by Crippen LogP contribution is -2.06. The molecule has 1 N–H and O–H groups in total. The maximum atomic E-state index is 5.23. The summed E-state index contributed by atoms with van der Waals surface area (Å²) in [6, 6.07) is 8.24. The van der Waals surface area contributed by atoms with Crippen LogP contribution in [-0.2, 0) is 12.8 Å². The van der Waals surface area contributed by atoms with Crippen molar-refractivity contribution in [1.29, 1.82) is 0 Å². The van der Waals surface area contributed by atoms with Gasteiger partial charge in [-0.2, -0.15) is 4.98 Å². The van der Waals surface area contributed by atoms with Crippen molar-refractivity contribution >= 4 is 5.69 Å². The van der Waals surface area contributed by atoms with Crippen LogP contribution in [0.5, 0.6) is 0 Å². The standard InChI is InChI=1S/C15H21N3O/c1-11(2)10-14-17-15(19-18-14)8-9-16-13-7-5-4-6-12(13)3/h4-7,11,16H,8-10H2,1-3H3. The monoisotopic (exact) mass is 259 g/mol. The van der Waals surface area contributed by atoms with E-state index in [9.17, 15) is 0 Å². The maximum absolute atomic E-state index is 5.23. The van der Waals surface area contributed by atoms with Crippen molar-refractivity contribution in [3.63, 3.8) is 0 Å². The molecule has 0 radical (unpaired) electrons. The fourth-order valence-electron chi connectivity index (χ4n) is 1.92. The molecule has 4 nitrogen and oxygen atoms in total. The number of aromatic nitrogens is 2. The van der Waals surface area contributed by atoms with E-state index in [1.165, 1.54) is 5.56 Å². The average molecular weight is 259 g/mol. The van der Waals surface area contributed by atoms with Gasteiger partial charge in [-0.15, -0.1) is 0 Å². The summed E-state index contributed by atoms with van der Waals surface area (Å²) in [6.45, 7) is 7.19. The second-order valence-electron chi connectivity index (χ2n) is 5.19. The van der Waals surface area contributed by atoms with Gasteiger partial charge in [-0.25, -0.2) is 0 Å². The highest BCUT2D eigenvalue weighted by atomic mass is 16.5. The molecule has 0 unspecified atom stereocenters. The predicted octanol–water partition coefficient (Wildman–Crippen LogP) is 3.23. The van der Waals surface area contributed by atoms with Crippen molar-refractivity contribution in [3.8, 4) is 0 Å². The third kappa shape index (κ3) is 4.09. The Morgan fingerprint density at radius 2 is 2.05 bits per heavy atom. The molecular formula is C15H21N3O. The first-order chi connectivity index (χ1) is 9.15. The summed E-state index contributed by atoms with van der Waals surface area (Å²) in [7, 11) is 0. The molecule has 0 aliphatic carbocycles. The molecule has 0 aliphatic rings. The highest BCUT2D eigenvalue weighted by Gasteiger charge is 2.07. The van der Waals surface area contributed by atoms with Gasteiger partial charge in [0.1, 0.15) is 0 Å². The molecular weight excluding hydrogens is 238 g/mol. The van der Waals surface area contributed by atoms with Gasteiger partial charge in [-0.1, -0.05) is 37.2 Å². The van der Waals surface area contributed by atoms with Crippen LogP contribution >= 0.6 is 0 Å². The van der Waals surface area contributed by atoms with Crippen molar-refractivity contribution in [1.82, 2.24) is 10.1 Å². The maximum Gasteiger partial charge on any atom is 0.228 e. The average Bonchev–Trinajstić information content (AvgIpc) is 2.78. The van der Waals surface area contributed by atoms with Crippen LogP contribution in [0.15, 0.2) is 28.8 Å². The Bertz CT molecular complexity index is 520. The predicted molar refractivity (Wildman–Crippen MR) is 76.2 cm³/mol. The molecule has 0 saturated heterocycles. The largest absolute Gasteiger partial charge is 0.384 e. The Morgan fingerprint density at radius 3 is 2.79 bits per heavy atom. The molecule has 0 atom stereocenters. The summed E-state index contributed by atoms with van der Waals surface area (Å²) in [5, 5.41) is 7.37. The molecule has 2 rings (SSSR count). The van der Waals surface area contributed by atoms with Crippen LogP contribution in [0.2, 0.25) is 0 Å². The summed E-state index contributed by atoms with van der Waals surface area (Å²) < 4.78 is 5.23. The van der Waals surface area contributed by atoms with Gasteiger partial charge >= 0.3 is 0 Å². The Balaban J connectivity index is 1.83. The zero-order chi connectivity index (χ0) is 13.7. The molecule has 0 fully saturated rings. The topological polar surface area (TPSA) is 51.0 Å². The van der Waals surface area contributed by atoms with E-state index in [-0.39, 0.29) is 0 Å². The Hall–Kier alpha value is -1.84. The molecule has 0 spiro atoms. The van der Waals surface area contributed by atoms with Crippen molar-refractivity contribution in [2.24, 2.45) is 5.92 Å². The van der Waals surface area contributed by atoms with Gasteiger partial charge in [0.25, 0.3) is 0 Å². The number of para-hydroxylation sites is 1. The van der Waals surface area contributed by atoms with E-state index in [1.807, 2.05) is 12.1 Å². The first kappa shape index (κ1) is 13.6. The van der Waals surface area contributed by atoms with Crippen LogP contribution in [0.25, 0.3) is 0 Å². The minimum atomic E-state index is 0.551. The molecule has 0 aliphatic heterocycles. The number of nitrogens with one attached hydrogen (secondary N) is 1. The minimum Gasteiger partial charge on any atom is -0.384 e. The van der Waals surface area contributed by atoms with E-state index < -0.39 is 0 Å². The summed E-state index contributed by atoms with van der Waals surface area (Å²) in [5.74, 6) is 2.06. The van der Waals surface area contributed by atoms with Crippen molar-refractivity contribution < 1.29 is 4.52 Å². The van der Waals surface area contributed by atoms with Gasteiger partial charge in [-0.05, 0) is 24.5 Å². The fourth-order valence-corrected chi connectivity index (χ4v) is 1.92. The number of anilines is 1. The van der Waals surface area contributed by atoms with E-state index in [4.69, 9.17) is 4.52 Å². The smallest absolute Gasteiger partial charge is 0.228 e. The van der Waals surface area contributed by atoms with E-state index in [1.54, 1.807) is 0 Å². The Morgan fingerprint density at radius 1 is 1.26 bits per heavy atom. The zero-order valence-corrected chi connectivity index (χ0v) is 11.8. The molecule has 0 amide bonds. The molecule has 1 heterocycles. The first-order valence-electron chi connectivity index (χ1n) is 6.76. The van der Waals surface area contributed by atoms with Crippen molar-refractivity contribution in [3.05, 3.63) is 41.5 Å². The Labute approximate surface area is 114 Å². The van der Waals surface area contributed by atoms with Gasteiger partial charge in [-0.3, -0.25) is 0 Å². The minimum absolute atomic E-state index is 0.551. The molecule has 4 heteroatoms. The molecule has 0 saturated carbocycles. The fraction of sp³-hybridized carbons (Fsp3) is 0.467. The highest BCUT2D eigenvalue weighted by Crippen LogP contribution is 2.13. The van der Waals surface area contributed by atoms with Crippen LogP contribution < -0.4 is 5.32 Å². The van der Waals surface area contributed by atoms with Gasteiger partial charge in [0, 0.05) is 25.1 Å². The molecule has 102 valence electrons. The van der Waals surface area contributed by atoms with Gasteiger partial charge < -0.3 is 9.84 Å². The number of rotatable bonds is 6. The van der Waals surface area contributed by atoms with Gasteiger partial charge in [0.05, 0.1) is 0 Å². The van der Waals surface area contributed by atoms with Crippen molar-refractivity contribution in [2.45, 2.75) is 33.6 Å². The van der Waals surface area contributed by atoms with Gasteiger partial charge in [0.15, 0.2) is 5.82 Å². The number of hydrogen-bond donors (Lipinski definition) is 1. The quantitative estimate of drug-likeness (QED) is 0.865. The summed E-state index contributed by atoms with van der Waals surface area (Å²) in [6.07, 6.45) is 1.62. The zero-order valence-electron chi connectivity index (χ0n) is 11.8. The van der Waals surface area contributed by atoms with Crippen LogP contribution in [-0.4, -0.2) is 16.7 Å².